The highest BCUT2D eigenvalue weighted by Crippen LogP contribution is 2.19. The van der Waals surface area contributed by atoms with E-state index in [0.29, 0.717) is 17.0 Å². The molecular formula is C20H26N2O3S. The molecule has 6 heteroatoms. The van der Waals surface area contributed by atoms with Crippen molar-refractivity contribution in [2.45, 2.75) is 37.6 Å². The lowest BCUT2D eigenvalue weighted by atomic mass is 9.99. The van der Waals surface area contributed by atoms with E-state index in [-0.39, 0.29) is 23.4 Å². The first-order valence-electron chi connectivity index (χ1n) is 8.54. The van der Waals surface area contributed by atoms with Gasteiger partial charge in [-0.05, 0) is 41.7 Å². The first-order valence-corrected chi connectivity index (χ1v) is 10.4. The van der Waals surface area contributed by atoms with Crippen LogP contribution in [0.4, 0.5) is 0 Å². The van der Waals surface area contributed by atoms with E-state index in [2.05, 4.69) is 19.2 Å². The molecule has 26 heavy (non-hydrogen) atoms. The minimum absolute atomic E-state index is 0.165. The number of carbonyl (C=O) groups is 1. The SMILES string of the molecule is Cc1ccc(C(=O)NCC(N)c2ccc(C(C)C)cc2)cc1S(C)(=O)=O. The zero-order valence-corrected chi connectivity index (χ0v) is 16.4. The van der Waals surface area contributed by atoms with Gasteiger partial charge in [-0.2, -0.15) is 0 Å². The molecule has 3 N–H and O–H groups in total. The Hall–Kier alpha value is -2.18. The predicted molar refractivity (Wildman–Crippen MR) is 104 cm³/mol. The average molecular weight is 375 g/mol. The van der Waals surface area contributed by atoms with Gasteiger partial charge >= 0.3 is 0 Å². The lowest BCUT2D eigenvalue weighted by Crippen LogP contribution is -2.32. The summed E-state index contributed by atoms with van der Waals surface area (Å²) in [6.45, 7) is 6.22. The van der Waals surface area contributed by atoms with Gasteiger partial charge in [-0.3, -0.25) is 4.79 Å². The maximum atomic E-state index is 12.4. The van der Waals surface area contributed by atoms with Gasteiger partial charge in [0.05, 0.1) is 4.90 Å². The van der Waals surface area contributed by atoms with Gasteiger partial charge in [0.1, 0.15) is 0 Å². The molecule has 2 aromatic carbocycles. The molecule has 0 radical (unpaired) electrons. The Morgan fingerprint density at radius 1 is 1.08 bits per heavy atom. The van der Waals surface area contributed by atoms with Crippen LogP contribution in [0, 0.1) is 6.92 Å². The second kappa shape index (κ2) is 8.01. The van der Waals surface area contributed by atoms with Crippen LogP contribution >= 0.6 is 0 Å². The summed E-state index contributed by atoms with van der Waals surface area (Å²) in [5, 5.41) is 2.77. The van der Waals surface area contributed by atoms with Crippen molar-refractivity contribution in [2.75, 3.05) is 12.8 Å². The third kappa shape index (κ3) is 4.93. The van der Waals surface area contributed by atoms with Crippen LogP contribution in [0.3, 0.4) is 0 Å². The zero-order valence-electron chi connectivity index (χ0n) is 15.6. The Morgan fingerprint density at radius 3 is 2.19 bits per heavy atom. The van der Waals surface area contributed by atoms with Crippen LogP contribution in [0.15, 0.2) is 47.4 Å². The second-order valence-electron chi connectivity index (χ2n) is 6.89. The number of rotatable bonds is 6. The van der Waals surface area contributed by atoms with Crippen LogP contribution < -0.4 is 11.1 Å². The van der Waals surface area contributed by atoms with Crippen LogP contribution in [0.25, 0.3) is 0 Å². The molecule has 0 aromatic heterocycles. The van der Waals surface area contributed by atoms with Crippen molar-refractivity contribution in [1.82, 2.24) is 5.32 Å². The molecule has 5 nitrogen and oxygen atoms in total. The molecule has 140 valence electrons. The number of nitrogens with one attached hydrogen (secondary N) is 1. The van der Waals surface area contributed by atoms with Crippen molar-refractivity contribution in [3.05, 3.63) is 64.7 Å². The zero-order chi connectivity index (χ0) is 19.5. The normalized spacial score (nSPS) is 12.8. The van der Waals surface area contributed by atoms with E-state index in [0.717, 1.165) is 11.8 Å². The summed E-state index contributed by atoms with van der Waals surface area (Å²) in [7, 11) is -3.38. The number of amides is 1. The van der Waals surface area contributed by atoms with Gasteiger partial charge in [-0.1, -0.05) is 44.2 Å². The van der Waals surface area contributed by atoms with Gasteiger partial charge < -0.3 is 11.1 Å². The van der Waals surface area contributed by atoms with E-state index in [4.69, 9.17) is 5.73 Å². The second-order valence-corrected chi connectivity index (χ2v) is 8.87. The minimum atomic E-state index is -3.38. The summed E-state index contributed by atoms with van der Waals surface area (Å²) < 4.78 is 23.6. The molecule has 0 saturated carbocycles. The van der Waals surface area contributed by atoms with E-state index in [1.165, 1.54) is 11.6 Å². The first kappa shape index (κ1) is 20.1. The van der Waals surface area contributed by atoms with Crippen molar-refractivity contribution in [3.63, 3.8) is 0 Å². The molecule has 0 heterocycles. The number of benzene rings is 2. The standard InChI is InChI=1S/C20H26N2O3S/c1-13(2)15-7-9-16(10-8-15)18(21)12-22-20(23)17-6-5-14(3)19(11-17)26(4,24)25/h5-11,13,18H,12,21H2,1-4H3,(H,22,23). The topological polar surface area (TPSA) is 89.3 Å². The highest BCUT2D eigenvalue weighted by molar-refractivity contribution is 7.90. The summed E-state index contributed by atoms with van der Waals surface area (Å²) in [6, 6.07) is 12.3. The Kier molecular flexibility index (Phi) is 6.21. The highest BCUT2D eigenvalue weighted by Gasteiger charge is 2.15. The van der Waals surface area contributed by atoms with Gasteiger partial charge in [0.25, 0.3) is 5.91 Å². The van der Waals surface area contributed by atoms with Crippen LogP contribution in [-0.2, 0) is 9.84 Å². The molecule has 1 unspecified atom stereocenters. The van der Waals surface area contributed by atoms with Crippen molar-refractivity contribution in [1.29, 1.82) is 0 Å². The fourth-order valence-electron chi connectivity index (χ4n) is 2.69. The maximum Gasteiger partial charge on any atom is 0.251 e. The largest absolute Gasteiger partial charge is 0.350 e. The number of sulfone groups is 1. The summed E-state index contributed by atoms with van der Waals surface area (Å²) in [5.41, 5.74) is 9.26. The van der Waals surface area contributed by atoms with E-state index in [9.17, 15) is 13.2 Å². The molecule has 2 rings (SSSR count). The van der Waals surface area contributed by atoms with Gasteiger partial charge in [-0.25, -0.2) is 8.42 Å². The van der Waals surface area contributed by atoms with Gasteiger partial charge in [0.2, 0.25) is 0 Å². The van der Waals surface area contributed by atoms with Crippen LogP contribution in [0.5, 0.6) is 0 Å². The number of nitrogens with two attached hydrogens (primary N) is 1. The molecule has 2 aromatic rings. The van der Waals surface area contributed by atoms with E-state index < -0.39 is 9.84 Å². The molecule has 0 bridgehead atoms. The summed E-state index contributed by atoms with van der Waals surface area (Å²) in [5.74, 6) is 0.106. The van der Waals surface area contributed by atoms with Crippen molar-refractivity contribution in [3.8, 4) is 0 Å². The van der Waals surface area contributed by atoms with Crippen LogP contribution in [-0.4, -0.2) is 27.1 Å². The first-order chi connectivity index (χ1) is 12.1. The summed E-state index contributed by atoms with van der Waals surface area (Å²) in [4.78, 5) is 12.5. The third-order valence-corrected chi connectivity index (χ3v) is 5.60. The van der Waals surface area contributed by atoms with Crippen molar-refractivity contribution >= 4 is 15.7 Å². The smallest absolute Gasteiger partial charge is 0.251 e. The lowest BCUT2D eigenvalue weighted by molar-refractivity contribution is 0.0951. The summed E-state index contributed by atoms with van der Waals surface area (Å²) >= 11 is 0. The quantitative estimate of drug-likeness (QED) is 0.813. The monoisotopic (exact) mass is 374 g/mol. The van der Waals surface area contributed by atoms with Gasteiger partial charge in [0.15, 0.2) is 9.84 Å². The van der Waals surface area contributed by atoms with E-state index in [1.54, 1.807) is 19.1 Å². The number of hydrogen-bond acceptors (Lipinski definition) is 4. The molecule has 1 atom stereocenters. The summed E-state index contributed by atoms with van der Waals surface area (Å²) in [6.07, 6.45) is 1.13. The molecular weight excluding hydrogens is 348 g/mol. The Bertz CT molecular complexity index is 888. The molecule has 1 amide bonds. The fraction of sp³-hybridized carbons (Fsp3) is 0.350. The van der Waals surface area contributed by atoms with Gasteiger partial charge in [0, 0.05) is 24.4 Å². The maximum absolute atomic E-state index is 12.4. The Labute approximate surface area is 155 Å². The molecule has 0 saturated heterocycles. The van der Waals surface area contributed by atoms with Crippen LogP contribution in [0.1, 0.15) is 52.9 Å². The highest BCUT2D eigenvalue weighted by atomic mass is 32.2. The van der Waals surface area contributed by atoms with Crippen LogP contribution in [0.2, 0.25) is 0 Å². The number of carbonyl (C=O) groups excluding carboxylic acids is 1. The Morgan fingerprint density at radius 2 is 1.65 bits per heavy atom. The molecule has 0 spiro atoms. The van der Waals surface area contributed by atoms with E-state index in [1.807, 2.05) is 24.3 Å². The average Bonchev–Trinajstić information content (AvgIpc) is 2.58. The molecule has 0 aliphatic heterocycles. The third-order valence-electron chi connectivity index (χ3n) is 4.36. The molecule has 0 aliphatic carbocycles. The molecule has 0 fully saturated rings. The van der Waals surface area contributed by atoms with E-state index >= 15 is 0 Å². The Balaban J connectivity index is 2.06. The number of hydrogen-bond donors (Lipinski definition) is 2. The molecule has 0 aliphatic rings. The fourth-order valence-corrected chi connectivity index (χ4v) is 3.69. The number of aryl methyl sites for hydroxylation is 1. The lowest BCUT2D eigenvalue weighted by Gasteiger charge is -2.15. The minimum Gasteiger partial charge on any atom is -0.350 e. The van der Waals surface area contributed by atoms with Crippen molar-refractivity contribution < 1.29 is 13.2 Å². The van der Waals surface area contributed by atoms with Crippen molar-refractivity contribution in [2.24, 2.45) is 5.73 Å². The predicted octanol–water partition coefficient (Wildman–Crippen LogP) is 2.95. The van der Waals surface area contributed by atoms with Gasteiger partial charge in [-0.15, -0.1) is 0 Å².